The van der Waals surface area contributed by atoms with Gasteiger partial charge in [-0.25, -0.2) is 0 Å². The summed E-state index contributed by atoms with van der Waals surface area (Å²) in [5, 5.41) is 4.35. The molecule has 0 bridgehead atoms. The zero-order valence-corrected chi connectivity index (χ0v) is 13.7. The number of halogens is 1. The predicted molar refractivity (Wildman–Crippen MR) is 94.8 cm³/mol. The van der Waals surface area contributed by atoms with Crippen molar-refractivity contribution in [3.8, 4) is 0 Å². The van der Waals surface area contributed by atoms with Crippen LogP contribution in [0.25, 0.3) is 0 Å². The maximum absolute atomic E-state index is 5.89. The molecule has 1 atom stereocenters. The van der Waals surface area contributed by atoms with E-state index in [0.717, 1.165) is 27.7 Å². The second kappa shape index (κ2) is 6.43. The Morgan fingerprint density at radius 3 is 2.38 bits per heavy atom. The number of alkyl halides is 1. The number of benzene rings is 2. The summed E-state index contributed by atoms with van der Waals surface area (Å²) in [5.41, 5.74) is 2.79. The Morgan fingerprint density at radius 2 is 1.71 bits per heavy atom. The summed E-state index contributed by atoms with van der Waals surface area (Å²) >= 11 is 2.34. The van der Waals surface area contributed by atoms with E-state index in [-0.39, 0.29) is 0 Å². The highest BCUT2D eigenvalue weighted by atomic mass is 127. The monoisotopic (exact) mass is 389 g/mol. The molecule has 0 radical (unpaired) electrons. The molecule has 106 valence electrons. The average molecular weight is 389 g/mol. The molecule has 3 rings (SSSR count). The van der Waals surface area contributed by atoms with Gasteiger partial charge >= 0.3 is 0 Å². The van der Waals surface area contributed by atoms with Gasteiger partial charge in [-0.1, -0.05) is 94.5 Å². The molecular formula is C18H16INO. The fourth-order valence-corrected chi connectivity index (χ4v) is 2.78. The predicted octanol–water partition coefficient (Wildman–Crippen LogP) is 4.70. The first-order valence-electron chi connectivity index (χ1n) is 6.94. The normalized spacial score (nSPS) is 21.3. The van der Waals surface area contributed by atoms with Gasteiger partial charge in [-0.05, 0) is 11.6 Å². The van der Waals surface area contributed by atoms with Crippen LogP contribution in [0.1, 0.15) is 17.5 Å². The zero-order chi connectivity index (χ0) is 14.5. The third kappa shape index (κ3) is 3.02. The Labute approximate surface area is 138 Å². The second-order valence-corrected chi connectivity index (χ2v) is 5.87. The van der Waals surface area contributed by atoms with Crippen LogP contribution in [-0.2, 0) is 10.4 Å². The molecule has 2 aromatic rings. The molecule has 0 unspecified atom stereocenters. The van der Waals surface area contributed by atoms with E-state index in [4.69, 9.17) is 4.84 Å². The summed E-state index contributed by atoms with van der Waals surface area (Å²) in [7, 11) is 0. The molecule has 1 aliphatic heterocycles. The molecule has 0 aromatic heterocycles. The highest BCUT2D eigenvalue weighted by Gasteiger charge is 2.38. The Kier molecular flexibility index (Phi) is 4.39. The molecule has 2 aromatic carbocycles. The van der Waals surface area contributed by atoms with Crippen molar-refractivity contribution >= 4 is 28.3 Å². The second-order valence-electron chi connectivity index (χ2n) is 4.98. The fourth-order valence-electron chi connectivity index (χ4n) is 2.53. The van der Waals surface area contributed by atoms with E-state index in [2.05, 4.69) is 64.2 Å². The lowest BCUT2D eigenvalue weighted by atomic mass is 9.87. The van der Waals surface area contributed by atoms with Gasteiger partial charge in [0.2, 0.25) is 0 Å². The van der Waals surface area contributed by atoms with Crippen LogP contribution in [0.15, 0.2) is 78.0 Å². The summed E-state index contributed by atoms with van der Waals surface area (Å²) in [6.07, 6.45) is 5.03. The molecule has 0 saturated carbocycles. The third-order valence-electron chi connectivity index (χ3n) is 3.59. The van der Waals surface area contributed by atoms with Crippen molar-refractivity contribution in [1.29, 1.82) is 0 Å². The van der Waals surface area contributed by atoms with E-state index in [1.807, 2.05) is 36.4 Å². The number of allylic oxidation sites excluding steroid dienone is 1. The van der Waals surface area contributed by atoms with Crippen molar-refractivity contribution in [1.82, 2.24) is 0 Å². The van der Waals surface area contributed by atoms with Crippen molar-refractivity contribution < 1.29 is 4.84 Å². The number of hydrogen-bond acceptors (Lipinski definition) is 2. The van der Waals surface area contributed by atoms with Gasteiger partial charge in [0.1, 0.15) is 0 Å². The van der Waals surface area contributed by atoms with Gasteiger partial charge in [0.15, 0.2) is 5.60 Å². The minimum absolute atomic E-state index is 0.475. The van der Waals surface area contributed by atoms with E-state index < -0.39 is 5.60 Å². The molecule has 0 fully saturated rings. The van der Waals surface area contributed by atoms with Gasteiger partial charge in [-0.3, -0.25) is 0 Å². The molecule has 0 amide bonds. The SMILES string of the molecule is IC/C=C/[C@@]1(c2ccccc2)CC(c2ccccc2)=NO1. The molecule has 0 N–H and O–H groups in total. The van der Waals surface area contributed by atoms with Crippen molar-refractivity contribution in [3.05, 3.63) is 83.9 Å². The van der Waals surface area contributed by atoms with E-state index >= 15 is 0 Å². The Balaban J connectivity index is 1.93. The highest BCUT2D eigenvalue weighted by molar-refractivity contribution is 14.1. The quantitative estimate of drug-likeness (QED) is 0.422. The third-order valence-corrected chi connectivity index (χ3v) is 4.10. The first kappa shape index (κ1) is 14.3. The van der Waals surface area contributed by atoms with Gasteiger partial charge in [-0.15, -0.1) is 0 Å². The standard InChI is InChI=1S/C18H16INO/c19-13-7-12-18(16-10-5-2-6-11-16)14-17(20-21-18)15-8-3-1-4-9-15/h1-12H,13-14H2/b12-7+/t18-/m0/s1. The Morgan fingerprint density at radius 1 is 1.05 bits per heavy atom. The maximum atomic E-state index is 5.89. The van der Waals surface area contributed by atoms with Crippen LogP contribution in [0.5, 0.6) is 0 Å². The van der Waals surface area contributed by atoms with Crippen LogP contribution in [0.2, 0.25) is 0 Å². The lowest BCUT2D eigenvalue weighted by Gasteiger charge is -2.23. The number of oxime groups is 1. The number of hydrogen-bond donors (Lipinski definition) is 0. The van der Waals surface area contributed by atoms with Crippen LogP contribution in [0.4, 0.5) is 0 Å². The fraction of sp³-hybridized carbons (Fsp3) is 0.167. The molecule has 21 heavy (non-hydrogen) atoms. The molecule has 1 aliphatic rings. The van der Waals surface area contributed by atoms with Gasteiger partial charge in [-0.2, -0.15) is 0 Å². The van der Waals surface area contributed by atoms with E-state index in [9.17, 15) is 0 Å². The van der Waals surface area contributed by atoms with Gasteiger partial charge in [0, 0.05) is 16.4 Å². The Hall–Kier alpha value is -1.62. The number of rotatable bonds is 4. The lowest BCUT2D eigenvalue weighted by Crippen LogP contribution is -2.23. The van der Waals surface area contributed by atoms with E-state index in [1.54, 1.807) is 0 Å². The highest BCUT2D eigenvalue weighted by Crippen LogP contribution is 2.37. The van der Waals surface area contributed by atoms with Crippen molar-refractivity contribution in [2.45, 2.75) is 12.0 Å². The van der Waals surface area contributed by atoms with Crippen LogP contribution in [0.3, 0.4) is 0 Å². The van der Waals surface area contributed by atoms with Crippen molar-refractivity contribution in [3.63, 3.8) is 0 Å². The van der Waals surface area contributed by atoms with Crippen LogP contribution in [0, 0.1) is 0 Å². The molecule has 3 heteroatoms. The van der Waals surface area contributed by atoms with E-state index in [1.165, 1.54) is 0 Å². The summed E-state index contributed by atoms with van der Waals surface area (Å²) < 4.78 is 0.955. The van der Waals surface area contributed by atoms with Gasteiger partial charge in [0.25, 0.3) is 0 Å². The first-order valence-corrected chi connectivity index (χ1v) is 8.46. The minimum atomic E-state index is -0.475. The summed E-state index contributed by atoms with van der Waals surface area (Å²) in [4.78, 5) is 5.89. The lowest BCUT2D eigenvalue weighted by molar-refractivity contribution is 0.0177. The van der Waals surface area contributed by atoms with Gasteiger partial charge < -0.3 is 4.84 Å². The number of nitrogens with zero attached hydrogens (tertiary/aromatic N) is 1. The molecule has 1 heterocycles. The zero-order valence-electron chi connectivity index (χ0n) is 11.6. The largest absolute Gasteiger partial charge is 0.379 e. The van der Waals surface area contributed by atoms with Crippen molar-refractivity contribution in [2.75, 3.05) is 4.43 Å². The van der Waals surface area contributed by atoms with Crippen LogP contribution >= 0.6 is 22.6 Å². The van der Waals surface area contributed by atoms with E-state index in [0.29, 0.717) is 0 Å². The molecular weight excluding hydrogens is 373 g/mol. The summed E-state index contributed by atoms with van der Waals surface area (Å²) in [6, 6.07) is 20.5. The van der Waals surface area contributed by atoms with Gasteiger partial charge in [0.05, 0.1) is 5.71 Å². The molecule has 0 saturated heterocycles. The average Bonchev–Trinajstić information content (AvgIpc) is 3.00. The smallest absolute Gasteiger partial charge is 0.186 e. The van der Waals surface area contributed by atoms with Crippen LogP contribution < -0.4 is 0 Å². The van der Waals surface area contributed by atoms with Crippen molar-refractivity contribution in [2.24, 2.45) is 5.16 Å². The molecule has 2 nitrogen and oxygen atoms in total. The Bertz CT molecular complexity index is 651. The topological polar surface area (TPSA) is 21.6 Å². The molecule has 0 spiro atoms. The summed E-state index contributed by atoms with van der Waals surface area (Å²) in [5.74, 6) is 0. The van der Waals surface area contributed by atoms with Crippen LogP contribution in [-0.4, -0.2) is 10.1 Å². The molecule has 0 aliphatic carbocycles. The minimum Gasteiger partial charge on any atom is -0.379 e. The maximum Gasteiger partial charge on any atom is 0.186 e. The summed E-state index contributed by atoms with van der Waals surface area (Å²) in [6.45, 7) is 0. The first-order chi connectivity index (χ1) is 10.3.